The minimum absolute atomic E-state index is 0.164. The van der Waals surface area contributed by atoms with E-state index in [1.165, 1.54) is 4.90 Å². The van der Waals surface area contributed by atoms with Crippen LogP contribution in [-0.2, 0) is 4.74 Å². The Hall–Kier alpha value is -2.26. The van der Waals surface area contributed by atoms with E-state index in [1.807, 2.05) is 6.07 Å². The maximum atomic E-state index is 12.0. The van der Waals surface area contributed by atoms with E-state index in [4.69, 9.17) is 14.7 Å². The minimum Gasteiger partial charge on any atom is -0.488 e. The number of nitriles is 1. The smallest absolute Gasteiger partial charge is 0.410 e. The first kappa shape index (κ1) is 17.1. The number of aliphatic hydroxyl groups excluding tert-OH is 1. The second-order valence-electron chi connectivity index (χ2n) is 6.58. The van der Waals surface area contributed by atoms with Crippen molar-refractivity contribution in [2.24, 2.45) is 0 Å². The second-order valence-corrected chi connectivity index (χ2v) is 6.58. The summed E-state index contributed by atoms with van der Waals surface area (Å²) in [5, 5.41) is 19.1. The molecule has 1 aromatic carbocycles. The fourth-order valence-electron chi connectivity index (χ4n) is 2.35. The lowest BCUT2D eigenvalue weighted by molar-refractivity contribution is -0.0374. The molecule has 0 spiro atoms. The van der Waals surface area contributed by atoms with Crippen LogP contribution in [0.15, 0.2) is 24.3 Å². The van der Waals surface area contributed by atoms with E-state index in [0.29, 0.717) is 24.3 Å². The molecule has 0 radical (unpaired) electrons. The Morgan fingerprint density at radius 3 is 2.78 bits per heavy atom. The van der Waals surface area contributed by atoms with Crippen LogP contribution in [0.1, 0.15) is 32.8 Å². The van der Waals surface area contributed by atoms with E-state index >= 15 is 0 Å². The molecule has 124 valence electrons. The normalized spacial score (nSPS) is 21.4. The summed E-state index contributed by atoms with van der Waals surface area (Å²) in [5.74, 6) is 0.541. The standard InChI is InChI=1S/C17H22N2O4/c1-17(2,3)23-16(21)19-8-7-15(14(20)11-19)22-13-6-4-5-12(9-13)10-18/h4-6,9,14-15,20H,7-8,11H2,1-3H3/t14-,15-/m0/s1. The fraction of sp³-hybridized carbons (Fsp3) is 0.529. The Kier molecular flexibility index (Phi) is 5.12. The minimum atomic E-state index is -0.804. The average Bonchev–Trinajstić information content (AvgIpc) is 2.47. The Morgan fingerprint density at radius 2 is 2.17 bits per heavy atom. The lowest BCUT2D eigenvalue weighted by atomic mass is 10.1. The number of likely N-dealkylation sites (tertiary alicyclic amines) is 1. The van der Waals surface area contributed by atoms with Crippen LogP contribution in [0.2, 0.25) is 0 Å². The van der Waals surface area contributed by atoms with Crippen molar-refractivity contribution in [1.29, 1.82) is 5.26 Å². The number of carbonyl (C=O) groups excluding carboxylic acids is 1. The molecule has 1 aliphatic rings. The van der Waals surface area contributed by atoms with Crippen LogP contribution in [0.4, 0.5) is 4.79 Å². The molecule has 2 atom stereocenters. The van der Waals surface area contributed by atoms with Gasteiger partial charge < -0.3 is 19.5 Å². The first-order valence-corrected chi connectivity index (χ1v) is 7.61. The molecule has 1 heterocycles. The number of ether oxygens (including phenoxy) is 2. The highest BCUT2D eigenvalue weighted by Crippen LogP contribution is 2.21. The van der Waals surface area contributed by atoms with E-state index in [1.54, 1.807) is 45.0 Å². The fourth-order valence-corrected chi connectivity index (χ4v) is 2.35. The molecule has 1 aromatic rings. The predicted molar refractivity (Wildman–Crippen MR) is 84.0 cm³/mol. The van der Waals surface area contributed by atoms with Gasteiger partial charge in [-0.15, -0.1) is 0 Å². The monoisotopic (exact) mass is 318 g/mol. The third-order valence-electron chi connectivity index (χ3n) is 3.42. The Morgan fingerprint density at radius 1 is 1.43 bits per heavy atom. The summed E-state index contributed by atoms with van der Waals surface area (Å²) < 4.78 is 11.1. The van der Waals surface area contributed by atoms with Crippen LogP contribution >= 0.6 is 0 Å². The number of amides is 1. The van der Waals surface area contributed by atoms with Crippen LogP contribution in [0.3, 0.4) is 0 Å². The number of piperidine rings is 1. The Labute approximate surface area is 136 Å². The first-order valence-electron chi connectivity index (χ1n) is 7.61. The molecule has 6 heteroatoms. The largest absolute Gasteiger partial charge is 0.488 e. The van der Waals surface area contributed by atoms with Crippen molar-refractivity contribution < 1.29 is 19.4 Å². The maximum absolute atomic E-state index is 12.0. The highest BCUT2D eigenvalue weighted by atomic mass is 16.6. The molecule has 23 heavy (non-hydrogen) atoms. The molecular weight excluding hydrogens is 296 g/mol. The zero-order valence-electron chi connectivity index (χ0n) is 13.7. The molecule has 0 aliphatic carbocycles. The predicted octanol–water partition coefficient (Wildman–Crippen LogP) is 2.31. The number of rotatable bonds is 2. The van der Waals surface area contributed by atoms with Crippen molar-refractivity contribution in [3.63, 3.8) is 0 Å². The van der Waals surface area contributed by atoms with Crippen LogP contribution < -0.4 is 4.74 Å². The summed E-state index contributed by atoms with van der Waals surface area (Å²) in [6.45, 7) is 6.03. The molecule has 1 N–H and O–H groups in total. The zero-order valence-corrected chi connectivity index (χ0v) is 13.7. The molecule has 6 nitrogen and oxygen atoms in total. The van der Waals surface area contributed by atoms with Crippen LogP contribution in [-0.4, -0.2) is 47.0 Å². The summed E-state index contributed by atoms with van der Waals surface area (Å²) in [7, 11) is 0. The highest BCUT2D eigenvalue weighted by molar-refractivity contribution is 5.68. The number of aliphatic hydroxyl groups is 1. The molecule has 1 aliphatic heterocycles. The SMILES string of the molecule is CC(C)(C)OC(=O)N1CC[C@H](Oc2cccc(C#N)c2)[C@@H](O)C1. The summed E-state index contributed by atoms with van der Waals surface area (Å²) in [6, 6.07) is 8.84. The van der Waals surface area contributed by atoms with E-state index in [9.17, 15) is 9.90 Å². The van der Waals surface area contributed by atoms with Crippen molar-refractivity contribution in [3.8, 4) is 11.8 Å². The van der Waals surface area contributed by atoms with Crippen molar-refractivity contribution in [2.75, 3.05) is 13.1 Å². The summed E-state index contributed by atoms with van der Waals surface area (Å²) >= 11 is 0. The van der Waals surface area contributed by atoms with Gasteiger partial charge in [-0.3, -0.25) is 0 Å². The van der Waals surface area contributed by atoms with Crippen molar-refractivity contribution in [2.45, 2.75) is 45.0 Å². The quantitative estimate of drug-likeness (QED) is 0.904. The number of β-amino-alcohol motifs (C(OH)–C–C–N with tert-alkyl or cyclic N) is 1. The number of hydrogen-bond acceptors (Lipinski definition) is 5. The number of hydrogen-bond donors (Lipinski definition) is 1. The van der Waals surface area contributed by atoms with Gasteiger partial charge in [0.15, 0.2) is 0 Å². The van der Waals surface area contributed by atoms with Crippen LogP contribution in [0.5, 0.6) is 5.75 Å². The van der Waals surface area contributed by atoms with Gasteiger partial charge >= 0.3 is 6.09 Å². The van der Waals surface area contributed by atoms with Crippen molar-refractivity contribution >= 4 is 6.09 Å². The summed E-state index contributed by atoms with van der Waals surface area (Å²) in [4.78, 5) is 13.5. The second kappa shape index (κ2) is 6.88. The third kappa shape index (κ3) is 4.86. The van der Waals surface area contributed by atoms with Gasteiger partial charge in [0.2, 0.25) is 0 Å². The molecule has 0 saturated carbocycles. The number of carbonyl (C=O) groups is 1. The molecule has 1 saturated heterocycles. The van der Waals surface area contributed by atoms with Gasteiger partial charge in [-0.2, -0.15) is 5.26 Å². The Bertz CT molecular complexity index is 603. The van der Waals surface area contributed by atoms with E-state index in [0.717, 1.165) is 0 Å². The zero-order chi connectivity index (χ0) is 17.0. The molecule has 0 unspecified atom stereocenters. The van der Waals surface area contributed by atoms with E-state index < -0.39 is 23.9 Å². The highest BCUT2D eigenvalue weighted by Gasteiger charge is 2.33. The molecule has 0 aromatic heterocycles. The van der Waals surface area contributed by atoms with Gasteiger partial charge in [-0.05, 0) is 39.0 Å². The number of nitrogens with zero attached hydrogens (tertiary/aromatic N) is 2. The molecular formula is C17H22N2O4. The first-order chi connectivity index (χ1) is 10.8. The average molecular weight is 318 g/mol. The summed E-state index contributed by atoms with van der Waals surface area (Å²) in [5.41, 5.74) is -0.0594. The van der Waals surface area contributed by atoms with Gasteiger partial charge in [0.25, 0.3) is 0 Å². The van der Waals surface area contributed by atoms with Gasteiger partial charge in [0.1, 0.15) is 23.6 Å². The van der Waals surface area contributed by atoms with E-state index in [2.05, 4.69) is 0 Å². The van der Waals surface area contributed by atoms with Crippen molar-refractivity contribution in [3.05, 3.63) is 29.8 Å². The Balaban J connectivity index is 1.94. The molecule has 1 amide bonds. The van der Waals surface area contributed by atoms with E-state index in [-0.39, 0.29) is 6.54 Å². The lowest BCUT2D eigenvalue weighted by Crippen LogP contribution is -2.52. The maximum Gasteiger partial charge on any atom is 0.410 e. The van der Waals surface area contributed by atoms with Gasteiger partial charge in [0.05, 0.1) is 18.2 Å². The van der Waals surface area contributed by atoms with Gasteiger partial charge in [-0.1, -0.05) is 6.07 Å². The topological polar surface area (TPSA) is 82.8 Å². The molecule has 0 bridgehead atoms. The van der Waals surface area contributed by atoms with Gasteiger partial charge in [0, 0.05) is 13.0 Å². The third-order valence-corrected chi connectivity index (χ3v) is 3.42. The van der Waals surface area contributed by atoms with Gasteiger partial charge in [-0.25, -0.2) is 4.79 Å². The molecule has 2 rings (SSSR count). The molecule has 1 fully saturated rings. The number of benzene rings is 1. The summed E-state index contributed by atoms with van der Waals surface area (Å²) in [6.07, 6.45) is -1.15. The van der Waals surface area contributed by atoms with Crippen LogP contribution in [0.25, 0.3) is 0 Å². The van der Waals surface area contributed by atoms with Crippen LogP contribution in [0, 0.1) is 11.3 Å². The lowest BCUT2D eigenvalue weighted by Gasteiger charge is -2.36. The van der Waals surface area contributed by atoms with Crippen molar-refractivity contribution in [1.82, 2.24) is 4.90 Å².